The number of piperidine rings is 1. The smallest absolute Gasteiger partial charge is 0.315 e. The minimum atomic E-state index is -4.01. The largest absolute Gasteiger partial charge is 0.391 e. The molecule has 1 saturated heterocycles. The summed E-state index contributed by atoms with van der Waals surface area (Å²) in [6.07, 6.45) is 2.56. The van der Waals surface area contributed by atoms with E-state index in [0.717, 1.165) is 18.8 Å². The molecule has 0 spiro atoms. The lowest BCUT2D eigenvalue weighted by Crippen LogP contribution is -2.55. The minimum absolute atomic E-state index is 0.273. The van der Waals surface area contributed by atoms with E-state index in [1.807, 2.05) is 7.05 Å². The Bertz CT molecular complexity index is 311. The molecule has 1 N–H and O–H groups in total. The number of likely N-dealkylation sites (tertiary alicyclic amines) is 1. The normalized spacial score (nSPS) is 33.3. The van der Waals surface area contributed by atoms with Gasteiger partial charge in [0.25, 0.3) is 0 Å². The Hall–Kier alpha value is -0.290. The molecule has 2 nitrogen and oxygen atoms in total. The van der Waals surface area contributed by atoms with Gasteiger partial charge in [0, 0.05) is 12.1 Å². The fourth-order valence-corrected chi connectivity index (χ4v) is 4.20. The van der Waals surface area contributed by atoms with Crippen LogP contribution in [0.25, 0.3) is 0 Å². The maximum Gasteiger partial charge on any atom is 0.391 e. The fourth-order valence-electron chi connectivity index (χ4n) is 4.20. The molecular formula is C16H29F3N2. The Kier molecular flexibility index (Phi) is 5.95. The van der Waals surface area contributed by atoms with Gasteiger partial charge in [-0.2, -0.15) is 13.2 Å². The van der Waals surface area contributed by atoms with Crippen molar-refractivity contribution in [1.82, 2.24) is 10.2 Å². The Morgan fingerprint density at radius 1 is 1.10 bits per heavy atom. The SMILES string of the molecule is CCCC1CCC(NC)C(N2CCC(C(F)(F)F)CC2)C1. The van der Waals surface area contributed by atoms with Gasteiger partial charge in [0.15, 0.2) is 0 Å². The van der Waals surface area contributed by atoms with Crippen molar-refractivity contribution < 1.29 is 13.2 Å². The van der Waals surface area contributed by atoms with E-state index in [-0.39, 0.29) is 12.8 Å². The summed E-state index contributed by atoms with van der Waals surface area (Å²) < 4.78 is 38.4. The highest BCUT2D eigenvalue weighted by Crippen LogP contribution is 2.37. The van der Waals surface area contributed by atoms with Crippen molar-refractivity contribution in [2.75, 3.05) is 20.1 Å². The van der Waals surface area contributed by atoms with E-state index in [0.29, 0.717) is 25.2 Å². The van der Waals surface area contributed by atoms with Crippen LogP contribution in [-0.2, 0) is 0 Å². The second kappa shape index (κ2) is 7.32. The summed E-state index contributed by atoms with van der Waals surface area (Å²) in [4.78, 5) is 2.32. The zero-order chi connectivity index (χ0) is 15.5. The standard InChI is InChI=1S/C16H29F3N2/c1-3-4-12-5-6-14(20-2)15(11-12)21-9-7-13(8-10-21)16(17,18)19/h12-15,20H,3-11H2,1-2H3. The first kappa shape index (κ1) is 17.1. The summed E-state index contributed by atoms with van der Waals surface area (Å²) >= 11 is 0. The van der Waals surface area contributed by atoms with Crippen LogP contribution in [-0.4, -0.2) is 43.3 Å². The maximum atomic E-state index is 12.8. The number of halogens is 3. The van der Waals surface area contributed by atoms with Crippen molar-refractivity contribution in [3.05, 3.63) is 0 Å². The van der Waals surface area contributed by atoms with Crippen LogP contribution in [0.4, 0.5) is 13.2 Å². The number of alkyl halides is 3. The quantitative estimate of drug-likeness (QED) is 0.849. The van der Waals surface area contributed by atoms with Crippen molar-refractivity contribution >= 4 is 0 Å². The van der Waals surface area contributed by atoms with Gasteiger partial charge < -0.3 is 5.32 Å². The van der Waals surface area contributed by atoms with Crippen LogP contribution in [0, 0.1) is 11.8 Å². The van der Waals surface area contributed by atoms with Crippen LogP contribution in [0.1, 0.15) is 51.9 Å². The molecule has 2 aliphatic rings. The lowest BCUT2D eigenvalue weighted by atomic mass is 9.78. The first-order valence-electron chi connectivity index (χ1n) is 8.43. The predicted octanol–water partition coefficient (Wildman–Crippen LogP) is 3.82. The van der Waals surface area contributed by atoms with E-state index in [2.05, 4.69) is 17.1 Å². The van der Waals surface area contributed by atoms with E-state index in [1.54, 1.807) is 0 Å². The van der Waals surface area contributed by atoms with Crippen LogP contribution in [0.2, 0.25) is 0 Å². The number of hydrogen-bond donors (Lipinski definition) is 1. The molecule has 2 fully saturated rings. The fraction of sp³-hybridized carbons (Fsp3) is 1.00. The molecule has 0 aromatic rings. The van der Waals surface area contributed by atoms with Gasteiger partial charge in [-0.05, 0) is 58.2 Å². The Morgan fingerprint density at radius 3 is 2.29 bits per heavy atom. The number of nitrogens with one attached hydrogen (secondary N) is 1. The molecule has 124 valence electrons. The molecule has 21 heavy (non-hydrogen) atoms. The summed E-state index contributed by atoms with van der Waals surface area (Å²) in [6, 6.07) is 0.870. The average Bonchev–Trinajstić information content (AvgIpc) is 2.47. The summed E-state index contributed by atoms with van der Waals surface area (Å²) in [7, 11) is 1.99. The van der Waals surface area contributed by atoms with Crippen molar-refractivity contribution in [2.24, 2.45) is 11.8 Å². The Labute approximate surface area is 126 Å². The molecule has 0 aromatic carbocycles. The molecule has 2 rings (SSSR count). The summed E-state index contributed by atoms with van der Waals surface area (Å²) in [5.41, 5.74) is 0. The van der Waals surface area contributed by atoms with E-state index in [9.17, 15) is 13.2 Å². The first-order valence-corrected chi connectivity index (χ1v) is 8.43. The van der Waals surface area contributed by atoms with Crippen molar-refractivity contribution in [1.29, 1.82) is 0 Å². The van der Waals surface area contributed by atoms with Crippen LogP contribution in [0.5, 0.6) is 0 Å². The molecule has 0 aromatic heterocycles. The lowest BCUT2D eigenvalue weighted by Gasteiger charge is -2.45. The second-order valence-electron chi connectivity index (χ2n) is 6.78. The molecule has 1 heterocycles. The molecule has 5 heteroatoms. The molecular weight excluding hydrogens is 277 g/mol. The summed E-state index contributed by atoms with van der Waals surface area (Å²) in [5, 5.41) is 3.39. The highest BCUT2D eigenvalue weighted by atomic mass is 19.4. The van der Waals surface area contributed by atoms with Gasteiger partial charge in [-0.3, -0.25) is 4.90 Å². The summed E-state index contributed by atoms with van der Waals surface area (Å²) in [5.74, 6) is -0.332. The molecule has 1 aliphatic heterocycles. The summed E-state index contributed by atoms with van der Waals surface area (Å²) in [6.45, 7) is 3.42. The maximum absolute atomic E-state index is 12.8. The van der Waals surface area contributed by atoms with Crippen LogP contribution >= 0.6 is 0 Å². The predicted molar refractivity (Wildman–Crippen MR) is 79.2 cm³/mol. The first-order chi connectivity index (χ1) is 9.95. The van der Waals surface area contributed by atoms with Gasteiger partial charge in [0.2, 0.25) is 0 Å². The van der Waals surface area contributed by atoms with E-state index in [4.69, 9.17) is 0 Å². The van der Waals surface area contributed by atoms with Crippen LogP contribution < -0.4 is 5.32 Å². The van der Waals surface area contributed by atoms with Gasteiger partial charge in [0.05, 0.1) is 5.92 Å². The van der Waals surface area contributed by atoms with Crippen LogP contribution in [0.3, 0.4) is 0 Å². The Balaban J connectivity index is 1.92. The topological polar surface area (TPSA) is 15.3 Å². The van der Waals surface area contributed by atoms with Crippen molar-refractivity contribution in [3.63, 3.8) is 0 Å². The van der Waals surface area contributed by atoms with Gasteiger partial charge >= 0.3 is 6.18 Å². The third-order valence-corrected chi connectivity index (χ3v) is 5.45. The molecule has 3 atom stereocenters. The van der Waals surface area contributed by atoms with Crippen molar-refractivity contribution in [2.45, 2.75) is 70.1 Å². The molecule has 0 amide bonds. The van der Waals surface area contributed by atoms with E-state index >= 15 is 0 Å². The van der Waals surface area contributed by atoms with Crippen LogP contribution in [0.15, 0.2) is 0 Å². The molecule has 0 radical (unpaired) electrons. The zero-order valence-electron chi connectivity index (χ0n) is 13.3. The van der Waals surface area contributed by atoms with E-state index in [1.165, 1.54) is 19.3 Å². The molecule has 1 saturated carbocycles. The van der Waals surface area contributed by atoms with Gasteiger partial charge in [-0.25, -0.2) is 0 Å². The highest BCUT2D eigenvalue weighted by Gasteiger charge is 2.43. The minimum Gasteiger partial charge on any atom is -0.315 e. The molecule has 0 bridgehead atoms. The molecule has 3 unspecified atom stereocenters. The molecule has 1 aliphatic carbocycles. The number of rotatable bonds is 4. The third kappa shape index (κ3) is 4.35. The number of likely N-dealkylation sites (N-methyl/N-ethyl adjacent to an activating group) is 1. The second-order valence-corrected chi connectivity index (χ2v) is 6.78. The third-order valence-electron chi connectivity index (χ3n) is 5.45. The van der Waals surface area contributed by atoms with E-state index < -0.39 is 12.1 Å². The van der Waals surface area contributed by atoms with Gasteiger partial charge in [-0.1, -0.05) is 19.8 Å². The van der Waals surface area contributed by atoms with Gasteiger partial charge in [0.1, 0.15) is 0 Å². The highest BCUT2D eigenvalue weighted by molar-refractivity contribution is 4.92. The monoisotopic (exact) mass is 306 g/mol. The Morgan fingerprint density at radius 2 is 1.76 bits per heavy atom. The number of nitrogens with zero attached hydrogens (tertiary/aromatic N) is 1. The van der Waals surface area contributed by atoms with Gasteiger partial charge in [-0.15, -0.1) is 0 Å². The average molecular weight is 306 g/mol. The zero-order valence-corrected chi connectivity index (χ0v) is 13.3. The lowest BCUT2D eigenvalue weighted by molar-refractivity contribution is -0.186. The number of hydrogen-bond acceptors (Lipinski definition) is 2. The van der Waals surface area contributed by atoms with Crippen molar-refractivity contribution in [3.8, 4) is 0 Å².